The lowest BCUT2D eigenvalue weighted by Gasteiger charge is -2.26. The van der Waals surface area contributed by atoms with Crippen molar-refractivity contribution >= 4 is 0 Å². The zero-order valence-electron chi connectivity index (χ0n) is 12.7. The van der Waals surface area contributed by atoms with Gasteiger partial charge in [-0.25, -0.2) is 0 Å². The minimum absolute atomic E-state index is 0.524. The Morgan fingerprint density at radius 2 is 1.89 bits per heavy atom. The van der Waals surface area contributed by atoms with Gasteiger partial charge in [0.1, 0.15) is 0 Å². The first kappa shape index (κ1) is 16.0. The molecule has 3 unspecified atom stereocenters. The molecule has 0 saturated heterocycles. The lowest BCUT2D eigenvalue weighted by atomic mass is 9.95. The van der Waals surface area contributed by atoms with Crippen LogP contribution < -0.4 is 5.32 Å². The smallest absolute Gasteiger partial charge is 0.0743 e. The van der Waals surface area contributed by atoms with Gasteiger partial charge in [0.15, 0.2) is 0 Å². The van der Waals surface area contributed by atoms with Gasteiger partial charge in [-0.05, 0) is 38.5 Å². The molecule has 2 heteroatoms. The van der Waals surface area contributed by atoms with Crippen LogP contribution in [-0.4, -0.2) is 23.3 Å². The predicted octanol–water partition coefficient (Wildman–Crippen LogP) is 3.88. The molecule has 1 aliphatic rings. The SMILES string of the molecule is CCCC1CCCC(NCC(C)(O)CCC)CC1. The normalized spacial score (nSPS) is 28.7. The van der Waals surface area contributed by atoms with Crippen molar-refractivity contribution in [3.63, 3.8) is 0 Å². The molecule has 2 N–H and O–H groups in total. The van der Waals surface area contributed by atoms with E-state index in [9.17, 15) is 5.11 Å². The molecule has 2 nitrogen and oxygen atoms in total. The molecule has 0 bridgehead atoms. The Bertz CT molecular complexity index is 215. The minimum atomic E-state index is -0.524. The van der Waals surface area contributed by atoms with Gasteiger partial charge in [-0.15, -0.1) is 0 Å². The Balaban J connectivity index is 2.27. The van der Waals surface area contributed by atoms with E-state index in [4.69, 9.17) is 0 Å². The Morgan fingerprint density at radius 3 is 2.56 bits per heavy atom. The molecule has 0 aliphatic heterocycles. The summed E-state index contributed by atoms with van der Waals surface area (Å²) in [5, 5.41) is 13.8. The average Bonchev–Trinajstić information content (AvgIpc) is 2.53. The molecule has 0 spiro atoms. The van der Waals surface area contributed by atoms with Crippen LogP contribution in [0.1, 0.15) is 78.6 Å². The molecule has 0 aromatic heterocycles. The third kappa shape index (κ3) is 6.19. The molecule has 0 heterocycles. The lowest BCUT2D eigenvalue weighted by molar-refractivity contribution is 0.0465. The fraction of sp³-hybridized carbons (Fsp3) is 1.00. The molecule has 3 atom stereocenters. The minimum Gasteiger partial charge on any atom is -0.389 e. The van der Waals surface area contributed by atoms with Crippen LogP contribution in [0.15, 0.2) is 0 Å². The fourth-order valence-corrected chi connectivity index (χ4v) is 3.27. The number of hydrogen-bond acceptors (Lipinski definition) is 2. The van der Waals surface area contributed by atoms with Crippen LogP contribution in [0.2, 0.25) is 0 Å². The molecule has 0 radical (unpaired) electrons. The third-order valence-corrected chi connectivity index (χ3v) is 4.35. The Hall–Kier alpha value is -0.0800. The fourth-order valence-electron chi connectivity index (χ4n) is 3.27. The summed E-state index contributed by atoms with van der Waals surface area (Å²) in [6.07, 6.45) is 11.4. The van der Waals surface area contributed by atoms with E-state index in [1.807, 2.05) is 6.92 Å². The summed E-state index contributed by atoms with van der Waals surface area (Å²) in [5.74, 6) is 0.956. The molecule has 1 rings (SSSR count). The summed E-state index contributed by atoms with van der Waals surface area (Å²) in [6, 6.07) is 0.634. The van der Waals surface area contributed by atoms with Crippen molar-refractivity contribution in [1.82, 2.24) is 5.32 Å². The summed E-state index contributed by atoms with van der Waals surface area (Å²) in [4.78, 5) is 0. The quantitative estimate of drug-likeness (QED) is 0.677. The topological polar surface area (TPSA) is 32.3 Å². The van der Waals surface area contributed by atoms with Crippen molar-refractivity contribution in [3.8, 4) is 0 Å². The van der Waals surface area contributed by atoms with E-state index in [1.165, 1.54) is 44.9 Å². The van der Waals surface area contributed by atoms with E-state index >= 15 is 0 Å². The van der Waals surface area contributed by atoms with E-state index < -0.39 is 5.60 Å². The summed E-state index contributed by atoms with van der Waals surface area (Å²) >= 11 is 0. The van der Waals surface area contributed by atoms with Crippen LogP contribution in [0.4, 0.5) is 0 Å². The molecule has 1 fully saturated rings. The van der Waals surface area contributed by atoms with Crippen LogP contribution in [0.5, 0.6) is 0 Å². The van der Waals surface area contributed by atoms with E-state index in [2.05, 4.69) is 19.2 Å². The number of nitrogens with one attached hydrogen (secondary N) is 1. The van der Waals surface area contributed by atoms with Gasteiger partial charge < -0.3 is 10.4 Å². The largest absolute Gasteiger partial charge is 0.389 e. The van der Waals surface area contributed by atoms with Gasteiger partial charge in [0, 0.05) is 12.6 Å². The zero-order chi connectivity index (χ0) is 13.4. The van der Waals surface area contributed by atoms with Gasteiger partial charge in [-0.3, -0.25) is 0 Å². The molecule has 1 aliphatic carbocycles. The Labute approximate surface area is 114 Å². The molecule has 0 aromatic carbocycles. The van der Waals surface area contributed by atoms with Crippen LogP contribution in [0.3, 0.4) is 0 Å². The van der Waals surface area contributed by atoms with Gasteiger partial charge in [0.2, 0.25) is 0 Å². The van der Waals surface area contributed by atoms with Crippen molar-refractivity contribution in [2.45, 2.75) is 90.2 Å². The highest BCUT2D eigenvalue weighted by Crippen LogP contribution is 2.27. The standard InChI is InChI=1S/C16H33NO/c1-4-7-14-8-6-9-15(11-10-14)17-13-16(3,18)12-5-2/h14-15,17-18H,4-13H2,1-3H3. The zero-order valence-corrected chi connectivity index (χ0v) is 12.7. The van der Waals surface area contributed by atoms with Gasteiger partial charge in [-0.2, -0.15) is 0 Å². The second-order valence-corrected chi connectivity index (χ2v) is 6.49. The maximum atomic E-state index is 10.2. The van der Waals surface area contributed by atoms with Crippen LogP contribution in [-0.2, 0) is 0 Å². The summed E-state index contributed by atoms with van der Waals surface area (Å²) in [6.45, 7) is 7.14. The summed E-state index contributed by atoms with van der Waals surface area (Å²) in [5.41, 5.74) is -0.524. The van der Waals surface area contributed by atoms with E-state index in [0.717, 1.165) is 25.3 Å². The second-order valence-electron chi connectivity index (χ2n) is 6.49. The monoisotopic (exact) mass is 255 g/mol. The molecular weight excluding hydrogens is 222 g/mol. The van der Waals surface area contributed by atoms with Gasteiger partial charge in [-0.1, -0.05) is 46.0 Å². The highest BCUT2D eigenvalue weighted by atomic mass is 16.3. The molecule has 18 heavy (non-hydrogen) atoms. The molecular formula is C16H33NO. The van der Waals surface area contributed by atoms with Crippen molar-refractivity contribution in [2.75, 3.05) is 6.54 Å². The van der Waals surface area contributed by atoms with Gasteiger partial charge >= 0.3 is 0 Å². The highest BCUT2D eigenvalue weighted by Gasteiger charge is 2.22. The van der Waals surface area contributed by atoms with Crippen LogP contribution in [0.25, 0.3) is 0 Å². The Kier molecular flexibility index (Phi) is 7.25. The number of rotatable bonds is 7. The lowest BCUT2D eigenvalue weighted by Crippen LogP contribution is -2.42. The van der Waals surface area contributed by atoms with E-state index in [-0.39, 0.29) is 0 Å². The molecule has 108 valence electrons. The average molecular weight is 255 g/mol. The highest BCUT2D eigenvalue weighted by molar-refractivity contribution is 4.80. The van der Waals surface area contributed by atoms with Crippen LogP contribution in [0, 0.1) is 5.92 Å². The first-order valence-electron chi connectivity index (χ1n) is 8.03. The van der Waals surface area contributed by atoms with E-state index in [0.29, 0.717) is 6.04 Å². The summed E-state index contributed by atoms with van der Waals surface area (Å²) in [7, 11) is 0. The third-order valence-electron chi connectivity index (χ3n) is 4.35. The molecule has 1 saturated carbocycles. The maximum absolute atomic E-state index is 10.2. The summed E-state index contributed by atoms with van der Waals surface area (Å²) < 4.78 is 0. The molecule has 0 aromatic rings. The maximum Gasteiger partial charge on any atom is 0.0743 e. The number of aliphatic hydroxyl groups is 1. The molecule has 0 amide bonds. The first-order valence-corrected chi connectivity index (χ1v) is 8.03. The van der Waals surface area contributed by atoms with Crippen molar-refractivity contribution < 1.29 is 5.11 Å². The van der Waals surface area contributed by atoms with Crippen molar-refractivity contribution in [3.05, 3.63) is 0 Å². The second kappa shape index (κ2) is 8.16. The predicted molar refractivity (Wildman–Crippen MR) is 78.8 cm³/mol. The van der Waals surface area contributed by atoms with Gasteiger partial charge in [0.25, 0.3) is 0 Å². The van der Waals surface area contributed by atoms with E-state index in [1.54, 1.807) is 0 Å². The van der Waals surface area contributed by atoms with Crippen molar-refractivity contribution in [2.24, 2.45) is 5.92 Å². The van der Waals surface area contributed by atoms with Gasteiger partial charge in [0.05, 0.1) is 5.60 Å². The van der Waals surface area contributed by atoms with Crippen LogP contribution >= 0.6 is 0 Å². The van der Waals surface area contributed by atoms with Crippen molar-refractivity contribution in [1.29, 1.82) is 0 Å². The first-order chi connectivity index (χ1) is 8.57. The Morgan fingerprint density at radius 1 is 1.11 bits per heavy atom. The number of hydrogen-bond donors (Lipinski definition) is 2.